The Kier molecular flexibility index (Phi) is 5.63. The average molecular weight is 433 g/mol. The van der Waals surface area contributed by atoms with Crippen molar-refractivity contribution in [1.29, 1.82) is 0 Å². The van der Waals surface area contributed by atoms with Crippen LogP contribution in [-0.4, -0.2) is 16.0 Å². The summed E-state index contributed by atoms with van der Waals surface area (Å²) >= 11 is 0. The summed E-state index contributed by atoms with van der Waals surface area (Å²) in [7, 11) is 0. The number of benzene rings is 4. The number of nitrogens with one attached hydrogen (secondary N) is 1. The van der Waals surface area contributed by atoms with Crippen LogP contribution >= 0.6 is 0 Å². The lowest BCUT2D eigenvalue weighted by molar-refractivity contribution is 0.102. The third-order valence-electron chi connectivity index (χ3n) is 4.94. The molecular formula is C27H19N3O3. The SMILES string of the molecule is O=C(Nc1ccc(Oc2ccc(-c3noc(-c4ccccc4)n3)cc2)cc1)c1ccccc1. The Morgan fingerprint density at radius 3 is 1.97 bits per heavy atom. The lowest BCUT2D eigenvalue weighted by Gasteiger charge is -2.08. The summed E-state index contributed by atoms with van der Waals surface area (Å²) in [5.41, 5.74) is 3.00. The normalized spacial score (nSPS) is 10.5. The van der Waals surface area contributed by atoms with Gasteiger partial charge in [-0.25, -0.2) is 0 Å². The van der Waals surface area contributed by atoms with Gasteiger partial charge in [0.2, 0.25) is 5.82 Å². The molecule has 1 heterocycles. The molecule has 0 saturated carbocycles. The van der Waals surface area contributed by atoms with Crippen LogP contribution in [0.15, 0.2) is 114 Å². The molecule has 0 aliphatic rings. The molecule has 0 unspecified atom stereocenters. The summed E-state index contributed by atoms with van der Waals surface area (Å²) < 4.78 is 11.3. The standard InChI is InChI=1S/C27H19N3O3/c31-26(20-7-3-1-4-8-20)28-22-13-17-24(18-14-22)32-23-15-11-19(12-16-23)25-29-27(33-30-25)21-9-5-2-6-10-21/h1-18H,(H,28,31). The molecule has 0 aliphatic carbocycles. The monoisotopic (exact) mass is 433 g/mol. The zero-order chi connectivity index (χ0) is 22.5. The van der Waals surface area contributed by atoms with Crippen molar-refractivity contribution in [1.82, 2.24) is 10.1 Å². The van der Waals surface area contributed by atoms with Gasteiger partial charge >= 0.3 is 0 Å². The van der Waals surface area contributed by atoms with Crippen LogP contribution in [-0.2, 0) is 0 Å². The summed E-state index contributed by atoms with van der Waals surface area (Å²) in [5, 5.41) is 6.94. The van der Waals surface area contributed by atoms with E-state index < -0.39 is 0 Å². The first-order valence-corrected chi connectivity index (χ1v) is 10.4. The maximum atomic E-state index is 12.3. The molecule has 6 nitrogen and oxygen atoms in total. The summed E-state index contributed by atoms with van der Waals surface area (Å²) in [6.07, 6.45) is 0. The third-order valence-corrected chi connectivity index (χ3v) is 4.94. The van der Waals surface area contributed by atoms with Crippen LogP contribution in [0.5, 0.6) is 11.5 Å². The fourth-order valence-electron chi connectivity index (χ4n) is 3.25. The number of nitrogens with zero attached hydrogens (tertiary/aromatic N) is 2. The second-order valence-electron chi connectivity index (χ2n) is 7.26. The lowest BCUT2D eigenvalue weighted by atomic mass is 10.2. The fourth-order valence-corrected chi connectivity index (χ4v) is 3.25. The molecule has 0 fully saturated rings. The molecule has 160 valence electrons. The van der Waals surface area contributed by atoms with Gasteiger partial charge in [0, 0.05) is 22.4 Å². The van der Waals surface area contributed by atoms with Crippen LogP contribution in [0.1, 0.15) is 10.4 Å². The Hall–Kier alpha value is -4.71. The molecule has 0 aliphatic heterocycles. The maximum absolute atomic E-state index is 12.3. The van der Waals surface area contributed by atoms with Crippen LogP contribution in [0, 0.1) is 0 Å². The minimum absolute atomic E-state index is 0.156. The van der Waals surface area contributed by atoms with Gasteiger partial charge in [-0.2, -0.15) is 4.98 Å². The van der Waals surface area contributed by atoms with Gasteiger partial charge in [-0.3, -0.25) is 4.79 Å². The van der Waals surface area contributed by atoms with Gasteiger partial charge in [0.05, 0.1) is 0 Å². The highest BCUT2D eigenvalue weighted by atomic mass is 16.5. The summed E-state index contributed by atoms with van der Waals surface area (Å²) in [4.78, 5) is 16.7. The second kappa shape index (κ2) is 9.20. The van der Waals surface area contributed by atoms with E-state index in [1.165, 1.54) is 0 Å². The van der Waals surface area contributed by atoms with E-state index in [-0.39, 0.29) is 5.91 Å². The number of hydrogen-bond acceptors (Lipinski definition) is 5. The number of carbonyl (C=O) groups is 1. The lowest BCUT2D eigenvalue weighted by Crippen LogP contribution is -2.11. The number of amides is 1. The van der Waals surface area contributed by atoms with E-state index in [0.717, 1.165) is 11.1 Å². The molecule has 0 saturated heterocycles. The van der Waals surface area contributed by atoms with E-state index in [4.69, 9.17) is 9.26 Å². The fraction of sp³-hybridized carbons (Fsp3) is 0. The van der Waals surface area contributed by atoms with Crippen LogP contribution in [0.4, 0.5) is 5.69 Å². The first-order valence-electron chi connectivity index (χ1n) is 10.4. The molecule has 0 atom stereocenters. The highest BCUT2D eigenvalue weighted by Gasteiger charge is 2.11. The van der Waals surface area contributed by atoms with Crippen LogP contribution in [0.3, 0.4) is 0 Å². The van der Waals surface area contributed by atoms with Crippen LogP contribution < -0.4 is 10.1 Å². The van der Waals surface area contributed by atoms with Gasteiger partial charge in [-0.05, 0) is 72.8 Å². The van der Waals surface area contributed by atoms with Crippen molar-refractivity contribution >= 4 is 11.6 Å². The molecule has 0 spiro atoms. The van der Waals surface area contributed by atoms with Gasteiger partial charge in [0.1, 0.15) is 11.5 Å². The largest absolute Gasteiger partial charge is 0.457 e. The van der Waals surface area contributed by atoms with Gasteiger partial charge in [-0.1, -0.05) is 41.6 Å². The molecule has 4 aromatic carbocycles. The van der Waals surface area contributed by atoms with Gasteiger partial charge < -0.3 is 14.6 Å². The Labute approximate surface area is 190 Å². The molecule has 6 heteroatoms. The number of hydrogen-bond donors (Lipinski definition) is 1. The van der Waals surface area contributed by atoms with Crippen molar-refractivity contribution in [2.75, 3.05) is 5.32 Å². The maximum Gasteiger partial charge on any atom is 0.258 e. The van der Waals surface area contributed by atoms with E-state index in [0.29, 0.717) is 34.5 Å². The third kappa shape index (κ3) is 4.80. The van der Waals surface area contributed by atoms with Crippen molar-refractivity contribution < 1.29 is 14.1 Å². The zero-order valence-electron chi connectivity index (χ0n) is 17.5. The van der Waals surface area contributed by atoms with E-state index in [1.54, 1.807) is 36.4 Å². The number of ether oxygens (including phenoxy) is 1. The van der Waals surface area contributed by atoms with E-state index in [9.17, 15) is 4.79 Å². The first-order chi connectivity index (χ1) is 16.2. The van der Waals surface area contributed by atoms with Gasteiger partial charge in [0.25, 0.3) is 11.8 Å². The number of carbonyl (C=O) groups excluding carboxylic acids is 1. The number of aromatic nitrogens is 2. The van der Waals surface area contributed by atoms with E-state index >= 15 is 0 Å². The predicted molar refractivity (Wildman–Crippen MR) is 126 cm³/mol. The number of rotatable bonds is 6. The zero-order valence-corrected chi connectivity index (χ0v) is 17.5. The Morgan fingerprint density at radius 2 is 1.30 bits per heavy atom. The van der Waals surface area contributed by atoms with Crippen molar-refractivity contribution in [2.24, 2.45) is 0 Å². The quantitative estimate of drug-likeness (QED) is 0.333. The Balaban J connectivity index is 1.22. The van der Waals surface area contributed by atoms with Crippen molar-refractivity contribution in [3.8, 4) is 34.3 Å². The summed E-state index contributed by atoms with van der Waals surface area (Å²) in [6.45, 7) is 0. The van der Waals surface area contributed by atoms with Crippen LogP contribution in [0.2, 0.25) is 0 Å². The highest BCUT2D eigenvalue weighted by molar-refractivity contribution is 6.04. The van der Waals surface area contributed by atoms with E-state index in [1.807, 2.05) is 72.8 Å². The minimum atomic E-state index is -0.156. The van der Waals surface area contributed by atoms with Gasteiger partial charge in [0.15, 0.2) is 0 Å². The van der Waals surface area contributed by atoms with Crippen molar-refractivity contribution in [3.63, 3.8) is 0 Å². The average Bonchev–Trinajstić information content (AvgIpc) is 3.37. The Morgan fingerprint density at radius 1 is 0.697 bits per heavy atom. The van der Waals surface area contributed by atoms with Gasteiger partial charge in [-0.15, -0.1) is 0 Å². The molecule has 1 amide bonds. The van der Waals surface area contributed by atoms with Crippen molar-refractivity contribution in [2.45, 2.75) is 0 Å². The Bertz CT molecular complexity index is 1350. The molecule has 5 aromatic rings. The van der Waals surface area contributed by atoms with E-state index in [2.05, 4.69) is 15.5 Å². The first kappa shape index (κ1) is 20.2. The smallest absolute Gasteiger partial charge is 0.258 e. The molecule has 0 radical (unpaired) electrons. The highest BCUT2D eigenvalue weighted by Crippen LogP contribution is 2.27. The molecule has 1 N–H and O–H groups in total. The molecule has 0 bridgehead atoms. The predicted octanol–water partition coefficient (Wildman–Crippen LogP) is 6.45. The van der Waals surface area contributed by atoms with Crippen molar-refractivity contribution in [3.05, 3.63) is 115 Å². The molecular weight excluding hydrogens is 414 g/mol. The van der Waals surface area contributed by atoms with Crippen LogP contribution in [0.25, 0.3) is 22.8 Å². The second-order valence-corrected chi connectivity index (χ2v) is 7.26. The minimum Gasteiger partial charge on any atom is -0.457 e. The molecule has 1 aromatic heterocycles. The summed E-state index contributed by atoms with van der Waals surface area (Å²) in [6, 6.07) is 33.4. The number of anilines is 1. The molecule has 33 heavy (non-hydrogen) atoms. The summed E-state index contributed by atoms with van der Waals surface area (Å²) in [5.74, 6) is 2.17. The molecule has 5 rings (SSSR count). The topological polar surface area (TPSA) is 77.2 Å².